The van der Waals surface area contributed by atoms with Crippen molar-refractivity contribution in [1.29, 1.82) is 0 Å². The van der Waals surface area contributed by atoms with Gasteiger partial charge in [0.25, 0.3) is 0 Å². The van der Waals surface area contributed by atoms with Gasteiger partial charge in [-0.1, -0.05) is 6.07 Å². The SMILES string of the molecule is COC(=O)C(N[C@H](C)c1cccs1)C1CC1. The molecular weight excluding hydrogens is 222 g/mol. The number of nitrogens with one attached hydrogen (secondary N) is 1. The number of hydrogen-bond donors (Lipinski definition) is 1. The minimum Gasteiger partial charge on any atom is -0.468 e. The van der Waals surface area contributed by atoms with Crippen molar-refractivity contribution in [1.82, 2.24) is 5.32 Å². The Bertz CT molecular complexity index is 346. The molecule has 88 valence electrons. The van der Waals surface area contributed by atoms with Gasteiger partial charge in [-0.3, -0.25) is 10.1 Å². The van der Waals surface area contributed by atoms with Crippen LogP contribution in [0.3, 0.4) is 0 Å². The van der Waals surface area contributed by atoms with Crippen LogP contribution in [0.1, 0.15) is 30.7 Å². The van der Waals surface area contributed by atoms with Crippen LogP contribution in [-0.4, -0.2) is 19.1 Å². The molecule has 0 aromatic carbocycles. The number of hydrogen-bond acceptors (Lipinski definition) is 4. The highest BCUT2D eigenvalue weighted by Crippen LogP contribution is 2.34. The van der Waals surface area contributed by atoms with E-state index in [-0.39, 0.29) is 18.1 Å². The van der Waals surface area contributed by atoms with Gasteiger partial charge in [0.2, 0.25) is 0 Å². The van der Waals surface area contributed by atoms with E-state index in [0.717, 1.165) is 12.8 Å². The third-order valence-corrected chi connectivity index (χ3v) is 4.00. The van der Waals surface area contributed by atoms with Crippen LogP contribution in [0.15, 0.2) is 17.5 Å². The minimum absolute atomic E-state index is 0.133. The van der Waals surface area contributed by atoms with Crippen molar-refractivity contribution in [3.63, 3.8) is 0 Å². The van der Waals surface area contributed by atoms with E-state index in [0.29, 0.717) is 5.92 Å². The second-order valence-electron chi connectivity index (χ2n) is 4.24. The summed E-state index contributed by atoms with van der Waals surface area (Å²) in [7, 11) is 1.45. The Hall–Kier alpha value is -0.870. The topological polar surface area (TPSA) is 38.3 Å². The van der Waals surface area contributed by atoms with Gasteiger partial charge in [-0.2, -0.15) is 0 Å². The molecule has 1 aliphatic rings. The zero-order valence-corrected chi connectivity index (χ0v) is 10.4. The fraction of sp³-hybridized carbons (Fsp3) is 0.583. The van der Waals surface area contributed by atoms with Crippen molar-refractivity contribution in [3.05, 3.63) is 22.4 Å². The Labute approximate surface area is 99.8 Å². The van der Waals surface area contributed by atoms with Crippen molar-refractivity contribution >= 4 is 17.3 Å². The van der Waals surface area contributed by atoms with Gasteiger partial charge in [0.05, 0.1) is 7.11 Å². The first kappa shape index (κ1) is 11.6. The third-order valence-electron chi connectivity index (χ3n) is 2.95. The second-order valence-corrected chi connectivity index (χ2v) is 5.22. The molecule has 0 radical (unpaired) electrons. The van der Waals surface area contributed by atoms with E-state index < -0.39 is 0 Å². The number of esters is 1. The fourth-order valence-corrected chi connectivity index (χ4v) is 2.59. The molecular formula is C12H17NO2S. The van der Waals surface area contributed by atoms with Crippen molar-refractivity contribution < 1.29 is 9.53 Å². The molecule has 0 bridgehead atoms. The largest absolute Gasteiger partial charge is 0.468 e. The molecule has 1 heterocycles. The number of ether oxygens (including phenoxy) is 1. The summed E-state index contributed by atoms with van der Waals surface area (Å²) in [5, 5.41) is 5.42. The van der Waals surface area contributed by atoms with E-state index in [1.54, 1.807) is 11.3 Å². The molecule has 1 aliphatic carbocycles. The quantitative estimate of drug-likeness (QED) is 0.802. The Kier molecular flexibility index (Phi) is 3.61. The van der Waals surface area contributed by atoms with Gasteiger partial charge in [-0.25, -0.2) is 0 Å². The first-order valence-corrected chi connectivity index (χ1v) is 6.47. The predicted octanol–water partition coefficient (Wildman–Crippen LogP) is 2.35. The smallest absolute Gasteiger partial charge is 0.323 e. The van der Waals surface area contributed by atoms with Crippen molar-refractivity contribution in [3.8, 4) is 0 Å². The summed E-state index contributed by atoms with van der Waals surface area (Å²) in [6, 6.07) is 4.19. The highest BCUT2D eigenvalue weighted by molar-refractivity contribution is 7.10. The Morgan fingerprint density at radius 2 is 2.38 bits per heavy atom. The lowest BCUT2D eigenvalue weighted by atomic mass is 10.1. The molecule has 0 amide bonds. The van der Waals surface area contributed by atoms with Crippen LogP contribution in [0.2, 0.25) is 0 Å². The fourth-order valence-electron chi connectivity index (χ4n) is 1.84. The van der Waals surface area contributed by atoms with E-state index in [2.05, 4.69) is 23.7 Å². The van der Waals surface area contributed by atoms with Gasteiger partial charge in [0, 0.05) is 10.9 Å². The lowest BCUT2D eigenvalue weighted by molar-refractivity contribution is -0.143. The molecule has 1 aromatic heterocycles. The van der Waals surface area contributed by atoms with Crippen LogP contribution in [0, 0.1) is 5.92 Å². The van der Waals surface area contributed by atoms with Gasteiger partial charge >= 0.3 is 5.97 Å². The molecule has 1 N–H and O–H groups in total. The number of methoxy groups -OCH3 is 1. The van der Waals surface area contributed by atoms with Crippen LogP contribution in [0.4, 0.5) is 0 Å². The third kappa shape index (κ3) is 2.62. The van der Waals surface area contributed by atoms with Crippen molar-refractivity contribution in [2.75, 3.05) is 7.11 Å². The maximum absolute atomic E-state index is 11.6. The average molecular weight is 239 g/mol. The molecule has 0 saturated heterocycles. The average Bonchev–Trinajstić information content (AvgIpc) is 2.98. The first-order chi connectivity index (χ1) is 7.72. The molecule has 2 atom stereocenters. The standard InChI is InChI=1S/C12H17NO2S/c1-8(10-4-3-7-16-10)13-11(9-5-6-9)12(14)15-2/h3-4,7-9,11,13H,5-6H2,1-2H3/t8-,11?/m1/s1. The number of rotatable bonds is 5. The van der Waals surface area contributed by atoms with Gasteiger partial charge in [-0.05, 0) is 37.1 Å². The molecule has 1 fully saturated rings. The lowest BCUT2D eigenvalue weighted by Crippen LogP contribution is -2.40. The van der Waals surface area contributed by atoms with Gasteiger partial charge in [0.1, 0.15) is 6.04 Å². The van der Waals surface area contributed by atoms with E-state index >= 15 is 0 Å². The van der Waals surface area contributed by atoms with E-state index in [1.165, 1.54) is 12.0 Å². The summed E-state index contributed by atoms with van der Waals surface area (Å²) in [6.07, 6.45) is 2.26. The minimum atomic E-state index is -0.137. The van der Waals surface area contributed by atoms with Gasteiger partial charge in [-0.15, -0.1) is 11.3 Å². The molecule has 16 heavy (non-hydrogen) atoms. The van der Waals surface area contributed by atoms with Gasteiger partial charge < -0.3 is 4.74 Å². The predicted molar refractivity (Wildman–Crippen MR) is 64.4 cm³/mol. The highest BCUT2D eigenvalue weighted by Gasteiger charge is 2.37. The van der Waals surface area contributed by atoms with E-state index in [9.17, 15) is 4.79 Å². The van der Waals surface area contributed by atoms with Crippen molar-refractivity contribution in [2.45, 2.75) is 31.8 Å². The summed E-state index contributed by atoms with van der Waals surface area (Å²) >= 11 is 1.71. The van der Waals surface area contributed by atoms with E-state index in [1.807, 2.05) is 6.07 Å². The zero-order chi connectivity index (χ0) is 11.5. The first-order valence-electron chi connectivity index (χ1n) is 5.59. The summed E-state index contributed by atoms with van der Waals surface area (Å²) in [5.74, 6) is 0.334. The molecule has 2 rings (SSSR count). The highest BCUT2D eigenvalue weighted by atomic mass is 32.1. The zero-order valence-electron chi connectivity index (χ0n) is 9.60. The summed E-state index contributed by atoms with van der Waals surface area (Å²) in [6.45, 7) is 2.09. The molecule has 0 aliphatic heterocycles. The Morgan fingerprint density at radius 1 is 1.62 bits per heavy atom. The normalized spacial score (nSPS) is 19.1. The molecule has 1 aromatic rings. The summed E-state index contributed by atoms with van der Waals surface area (Å²) in [5.41, 5.74) is 0. The molecule has 0 spiro atoms. The maximum atomic E-state index is 11.6. The molecule has 4 heteroatoms. The van der Waals surface area contributed by atoms with Crippen LogP contribution in [0.25, 0.3) is 0 Å². The van der Waals surface area contributed by atoms with Crippen LogP contribution in [-0.2, 0) is 9.53 Å². The number of carbonyl (C=O) groups excluding carboxylic acids is 1. The van der Waals surface area contributed by atoms with Crippen molar-refractivity contribution in [2.24, 2.45) is 5.92 Å². The number of carbonyl (C=O) groups is 1. The number of thiophene rings is 1. The molecule has 1 unspecified atom stereocenters. The molecule has 1 saturated carbocycles. The summed E-state index contributed by atoms with van der Waals surface area (Å²) in [4.78, 5) is 12.9. The second kappa shape index (κ2) is 4.97. The lowest BCUT2D eigenvalue weighted by Gasteiger charge is -2.20. The Balaban J connectivity index is 1.97. The van der Waals surface area contributed by atoms with Gasteiger partial charge in [0.15, 0.2) is 0 Å². The van der Waals surface area contributed by atoms with Crippen LogP contribution >= 0.6 is 11.3 Å². The van der Waals surface area contributed by atoms with E-state index in [4.69, 9.17) is 4.74 Å². The maximum Gasteiger partial charge on any atom is 0.323 e. The van der Waals surface area contributed by atoms with Crippen LogP contribution in [0.5, 0.6) is 0 Å². The Morgan fingerprint density at radius 3 is 2.88 bits per heavy atom. The monoisotopic (exact) mass is 239 g/mol. The summed E-state index contributed by atoms with van der Waals surface area (Å²) < 4.78 is 4.83. The van der Waals surface area contributed by atoms with Crippen LogP contribution < -0.4 is 5.32 Å². The molecule has 3 nitrogen and oxygen atoms in total.